The number of carbonyl (C=O) groups excluding carboxylic acids is 1. The Morgan fingerprint density at radius 1 is 1.25 bits per heavy atom. The van der Waals surface area contributed by atoms with Crippen molar-refractivity contribution in [2.75, 3.05) is 0 Å². The molecule has 1 nitrogen and oxygen atoms in total. The topological polar surface area (TPSA) is 17.1 Å². The zero-order valence-corrected chi connectivity index (χ0v) is 8.61. The van der Waals surface area contributed by atoms with Gasteiger partial charge in [0.1, 0.15) is 0 Å². The summed E-state index contributed by atoms with van der Waals surface area (Å²) < 4.78 is 0. The maximum Gasteiger partial charge on any atom is 0.225 e. The van der Waals surface area contributed by atoms with Crippen LogP contribution in [0.5, 0.6) is 0 Å². The van der Waals surface area contributed by atoms with Crippen molar-refractivity contribution < 1.29 is 4.79 Å². The highest BCUT2D eigenvalue weighted by atomic mass is 35.5. The summed E-state index contributed by atoms with van der Waals surface area (Å²) in [6.45, 7) is 6.02. The molecule has 0 aromatic rings. The van der Waals surface area contributed by atoms with Crippen LogP contribution in [0.4, 0.5) is 0 Å². The maximum absolute atomic E-state index is 10.5. The monoisotopic (exact) mass is 186 g/mol. The van der Waals surface area contributed by atoms with E-state index in [9.17, 15) is 4.79 Å². The SMILES string of the molecule is CC(C)=CCC=C(C)CC(=O)Cl. The number of halogens is 1. The molecule has 0 aromatic carbocycles. The number of hydrogen-bond donors (Lipinski definition) is 0. The van der Waals surface area contributed by atoms with Crippen molar-refractivity contribution in [1.82, 2.24) is 0 Å². The lowest BCUT2D eigenvalue weighted by Gasteiger charge is -1.94. The number of hydrogen-bond acceptors (Lipinski definition) is 1. The molecule has 0 bridgehead atoms. The van der Waals surface area contributed by atoms with E-state index in [-0.39, 0.29) is 5.24 Å². The lowest BCUT2D eigenvalue weighted by atomic mass is 10.1. The second-order valence-corrected chi connectivity index (χ2v) is 3.52. The summed E-state index contributed by atoms with van der Waals surface area (Å²) in [6, 6.07) is 0. The van der Waals surface area contributed by atoms with Crippen LogP contribution in [-0.2, 0) is 4.79 Å². The molecule has 0 N–H and O–H groups in total. The van der Waals surface area contributed by atoms with E-state index >= 15 is 0 Å². The molecular weight excluding hydrogens is 172 g/mol. The molecule has 0 saturated carbocycles. The molecule has 68 valence electrons. The van der Waals surface area contributed by atoms with E-state index in [1.165, 1.54) is 5.57 Å². The van der Waals surface area contributed by atoms with E-state index in [2.05, 4.69) is 19.9 Å². The molecule has 0 rings (SSSR count). The summed E-state index contributed by atoms with van der Waals surface area (Å²) in [7, 11) is 0. The average molecular weight is 187 g/mol. The molecule has 0 heterocycles. The van der Waals surface area contributed by atoms with Gasteiger partial charge in [0.15, 0.2) is 0 Å². The van der Waals surface area contributed by atoms with Crippen molar-refractivity contribution in [1.29, 1.82) is 0 Å². The molecule has 0 radical (unpaired) electrons. The molecule has 0 saturated heterocycles. The fourth-order valence-electron chi connectivity index (χ4n) is 0.787. The highest BCUT2D eigenvalue weighted by Crippen LogP contribution is 2.05. The van der Waals surface area contributed by atoms with Gasteiger partial charge in [0.25, 0.3) is 0 Å². The van der Waals surface area contributed by atoms with Crippen LogP contribution >= 0.6 is 11.6 Å². The first-order valence-corrected chi connectivity index (χ1v) is 4.37. The zero-order chi connectivity index (χ0) is 9.56. The molecule has 0 aliphatic carbocycles. The molecule has 0 aromatic heterocycles. The van der Waals surface area contributed by atoms with Gasteiger partial charge in [-0.2, -0.15) is 0 Å². The Kier molecular flexibility index (Phi) is 5.73. The van der Waals surface area contributed by atoms with E-state index in [0.29, 0.717) is 6.42 Å². The van der Waals surface area contributed by atoms with Crippen molar-refractivity contribution in [2.24, 2.45) is 0 Å². The van der Waals surface area contributed by atoms with Crippen molar-refractivity contribution >= 4 is 16.8 Å². The third-order valence-corrected chi connectivity index (χ3v) is 1.54. The van der Waals surface area contributed by atoms with Gasteiger partial charge in [-0.25, -0.2) is 0 Å². The molecule has 2 heteroatoms. The molecule has 0 aliphatic heterocycles. The predicted molar refractivity (Wildman–Crippen MR) is 53.3 cm³/mol. The first-order valence-electron chi connectivity index (χ1n) is 3.99. The third kappa shape index (κ3) is 7.55. The Hall–Kier alpha value is -0.560. The minimum Gasteiger partial charge on any atom is -0.281 e. The number of rotatable bonds is 4. The smallest absolute Gasteiger partial charge is 0.225 e. The van der Waals surface area contributed by atoms with Crippen LogP contribution in [0, 0.1) is 0 Å². The van der Waals surface area contributed by atoms with E-state index in [4.69, 9.17) is 11.6 Å². The van der Waals surface area contributed by atoms with Crippen molar-refractivity contribution in [3.63, 3.8) is 0 Å². The summed E-state index contributed by atoms with van der Waals surface area (Å²) in [6.07, 6.45) is 5.38. The van der Waals surface area contributed by atoms with Crippen LogP contribution in [-0.4, -0.2) is 5.24 Å². The van der Waals surface area contributed by atoms with Gasteiger partial charge < -0.3 is 0 Å². The number of allylic oxidation sites excluding steroid dienone is 4. The van der Waals surface area contributed by atoms with Gasteiger partial charge in [0, 0.05) is 6.42 Å². The summed E-state index contributed by atoms with van der Waals surface area (Å²) in [5, 5.41) is -0.291. The van der Waals surface area contributed by atoms with Crippen LogP contribution in [0.3, 0.4) is 0 Å². The van der Waals surface area contributed by atoms with Crippen molar-refractivity contribution in [2.45, 2.75) is 33.6 Å². The Bertz CT molecular complexity index is 210. The first kappa shape index (κ1) is 11.4. The van der Waals surface area contributed by atoms with Crippen LogP contribution in [0.2, 0.25) is 0 Å². The summed E-state index contributed by atoms with van der Waals surface area (Å²) in [5.41, 5.74) is 2.32. The number of carbonyl (C=O) groups is 1. The zero-order valence-electron chi connectivity index (χ0n) is 7.86. The normalized spacial score (nSPS) is 11.2. The van der Waals surface area contributed by atoms with Crippen LogP contribution < -0.4 is 0 Å². The van der Waals surface area contributed by atoms with Gasteiger partial charge in [-0.05, 0) is 38.8 Å². The van der Waals surface area contributed by atoms with Crippen LogP contribution in [0.15, 0.2) is 23.3 Å². The fraction of sp³-hybridized carbons (Fsp3) is 0.500. The van der Waals surface area contributed by atoms with Gasteiger partial charge in [0.2, 0.25) is 5.24 Å². The Labute approximate surface area is 79.1 Å². The van der Waals surface area contributed by atoms with E-state index < -0.39 is 0 Å². The molecule has 0 atom stereocenters. The van der Waals surface area contributed by atoms with Gasteiger partial charge >= 0.3 is 0 Å². The minimum absolute atomic E-state index is 0.291. The molecular formula is C10H15ClO. The van der Waals surface area contributed by atoms with Gasteiger partial charge in [-0.3, -0.25) is 4.79 Å². The maximum atomic E-state index is 10.5. The van der Waals surface area contributed by atoms with E-state index in [0.717, 1.165) is 12.0 Å². The molecule has 12 heavy (non-hydrogen) atoms. The molecule has 0 aliphatic rings. The second-order valence-electron chi connectivity index (χ2n) is 3.10. The van der Waals surface area contributed by atoms with Gasteiger partial charge in [-0.1, -0.05) is 23.3 Å². The standard InChI is InChI=1S/C10H15ClO/c1-8(2)5-4-6-9(3)7-10(11)12/h5-6H,4,7H2,1-3H3. The third-order valence-electron chi connectivity index (χ3n) is 1.41. The summed E-state index contributed by atoms with van der Waals surface area (Å²) >= 11 is 5.22. The van der Waals surface area contributed by atoms with Crippen molar-refractivity contribution in [3.8, 4) is 0 Å². The van der Waals surface area contributed by atoms with Gasteiger partial charge in [-0.15, -0.1) is 0 Å². The lowest BCUT2D eigenvalue weighted by molar-refractivity contribution is -0.111. The van der Waals surface area contributed by atoms with Crippen LogP contribution in [0.25, 0.3) is 0 Å². The summed E-state index contributed by atoms with van der Waals surface area (Å²) in [4.78, 5) is 10.5. The Balaban J connectivity index is 3.85. The van der Waals surface area contributed by atoms with E-state index in [1.807, 2.05) is 13.0 Å². The van der Waals surface area contributed by atoms with Crippen molar-refractivity contribution in [3.05, 3.63) is 23.3 Å². The largest absolute Gasteiger partial charge is 0.281 e. The highest BCUT2D eigenvalue weighted by Gasteiger charge is 1.95. The lowest BCUT2D eigenvalue weighted by Crippen LogP contribution is -1.86. The minimum atomic E-state index is -0.291. The fourth-order valence-corrected chi connectivity index (χ4v) is 0.998. The van der Waals surface area contributed by atoms with Gasteiger partial charge in [0.05, 0.1) is 0 Å². The first-order chi connectivity index (χ1) is 5.52. The van der Waals surface area contributed by atoms with E-state index in [1.54, 1.807) is 0 Å². The predicted octanol–water partition coefficient (Wildman–Crippen LogP) is 3.44. The average Bonchev–Trinajstić information content (AvgIpc) is 1.84. The highest BCUT2D eigenvalue weighted by molar-refractivity contribution is 6.63. The summed E-state index contributed by atoms with van der Waals surface area (Å²) in [5.74, 6) is 0. The Morgan fingerprint density at radius 2 is 1.83 bits per heavy atom. The molecule has 0 unspecified atom stereocenters. The molecule has 0 spiro atoms. The molecule has 0 amide bonds. The quantitative estimate of drug-likeness (QED) is 0.486. The Morgan fingerprint density at radius 3 is 2.25 bits per heavy atom. The second kappa shape index (κ2) is 6.01. The molecule has 0 fully saturated rings. The van der Waals surface area contributed by atoms with Crippen LogP contribution in [0.1, 0.15) is 33.6 Å².